The summed E-state index contributed by atoms with van der Waals surface area (Å²) in [4.78, 5) is 20.5. The normalized spacial score (nSPS) is 16.7. The van der Waals surface area contributed by atoms with Crippen molar-refractivity contribution in [3.63, 3.8) is 0 Å². The number of carbonyl (C=O) groups excluding carboxylic acids is 1. The van der Waals surface area contributed by atoms with Crippen LogP contribution in [0.4, 0.5) is 0 Å². The molecule has 30 heavy (non-hydrogen) atoms. The Balaban J connectivity index is 0.00000450. The second-order valence-corrected chi connectivity index (χ2v) is 7.82. The minimum Gasteiger partial charge on any atom is -0.497 e. The van der Waals surface area contributed by atoms with Crippen molar-refractivity contribution in [3.8, 4) is 5.75 Å². The van der Waals surface area contributed by atoms with Crippen LogP contribution in [0.25, 0.3) is 0 Å². The molecule has 1 amide bonds. The van der Waals surface area contributed by atoms with Crippen LogP contribution in [0.15, 0.2) is 23.2 Å². The minimum atomic E-state index is 0. The predicted octanol–water partition coefficient (Wildman–Crippen LogP) is 2.62. The van der Waals surface area contributed by atoms with Crippen LogP contribution in [0, 0.1) is 0 Å². The van der Waals surface area contributed by atoms with E-state index in [2.05, 4.69) is 20.5 Å². The fourth-order valence-corrected chi connectivity index (χ4v) is 3.82. The van der Waals surface area contributed by atoms with Crippen LogP contribution in [0.5, 0.6) is 5.75 Å². The Morgan fingerprint density at radius 3 is 2.70 bits per heavy atom. The molecule has 0 aromatic heterocycles. The van der Waals surface area contributed by atoms with Crippen molar-refractivity contribution >= 4 is 47.4 Å². The first kappa shape index (κ1) is 26.8. The van der Waals surface area contributed by atoms with Gasteiger partial charge in [-0.25, -0.2) is 0 Å². The molecular formula is C21H35ClIN5O2. The lowest BCUT2D eigenvalue weighted by Gasteiger charge is -2.26. The number of amides is 1. The number of hydrogen-bond donors (Lipinski definition) is 2. The van der Waals surface area contributed by atoms with Gasteiger partial charge in [-0.15, -0.1) is 24.0 Å². The number of likely N-dealkylation sites (tertiary alicyclic amines) is 1. The van der Waals surface area contributed by atoms with Crippen molar-refractivity contribution in [2.75, 3.05) is 54.4 Å². The van der Waals surface area contributed by atoms with E-state index in [9.17, 15) is 4.79 Å². The Morgan fingerprint density at radius 2 is 2.07 bits per heavy atom. The van der Waals surface area contributed by atoms with E-state index in [1.807, 2.05) is 32.3 Å². The van der Waals surface area contributed by atoms with Crippen molar-refractivity contribution in [3.05, 3.63) is 28.8 Å². The second-order valence-electron chi connectivity index (χ2n) is 7.41. The highest BCUT2D eigenvalue weighted by Gasteiger charge is 2.30. The number of methoxy groups -OCH3 is 1. The summed E-state index contributed by atoms with van der Waals surface area (Å²) in [5.74, 6) is 1.75. The highest BCUT2D eigenvalue weighted by Crippen LogP contribution is 2.22. The molecule has 2 N–H and O–H groups in total. The smallest absolute Gasteiger partial charge is 0.239 e. The molecule has 1 fully saturated rings. The van der Waals surface area contributed by atoms with E-state index in [-0.39, 0.29) is 35.9 Å². The van der Waals surface area contributed by atoms with Gasteiger partial charge in [0.1, 0.15) is 5.75 Å². The van der Waals surface area contributed by atoms with E-state index < -0.39 is 0 Å². The molecule has 0 bridgehead atoms. The Bertz CT molecular complexity index is 702. The Kier molecular flexibility index (Phi) is 12.4. The number of likely N-dealkylation sites (N-methyl/N-ethyl adjacent to an activating group) is 1. The van der Waals surface area contributed by atoms with Crippen LogP contribution in [0.2, 0.25) is 5.02 Å². The molecule has 1 aromatic rings. The average molecular weight is 552 g/mol. The van der Waals surface area contributed by atoms with E-state index in [0.717, 1.165) is 69.1 Å². The van der Waals surface area contributed by atoms with Crippen LogP contribution in [-0.2, 0) is 11.2 Å². The summed E-state index contributed by atoms with van der Waals surface area (Å²) < 4.78 is 5.18. The van der Waals surface area contributed by atoms with Crippen molar-refractivity contribution in [2.45, 2.75) is 31.7 Å². The molecule has 1 aromatic carbocycles. The van der Waals surface area contributed by atoms with Gasteiger partial charge in [0.05, 0.1) is 13.2 Å². The Morgan fingerprint density at radius 1 is 1.33 bits per heavy atom. The Hall–Kier alpha value is -1.26. The molecule has 170 valence electrons. The van der Waals surface area contributed by atoms with Crippen LogP contribution in [-0.4, -0.2) is 82.1 Å². The molecule has 0 aliphatic carbocycles. The number of halogens is 2. The number of carbonyl (C=O) groups is 1. The third-order valence-corrected chi connectivity index (χ3v) is 5.53. The lowest BCUT2D eigenvalue weighted by molar-refractivity contribution is -0.133. The molecule has 2 rings (SSSR count). The number of guanidine groups is 1. The first-order chi connectivity index (χ1) is 14.0. The predicted molar refractivity (Wildman–Crippen MR) is 134 cm³/mol. The zero-order chi connectivity index (χ0) is 21.2. The van der Waals surface area contributed by atoms with Crippen molar-refractivity contribution in [1.82, 2.24) is 20.4 Å². The van der Waals surface area contributed by atoms with E-state index in [4.69, 9.17) is 16.3 Å². The van der Waals surface area contributed by atoms with Gasteiger partial charge in [0, 0.05) is 45.8 Å². The van der Waals surface area contributed by atoms with Gasteiger partial charge >= 0.3 is 0 Å². The molecule has 0 saturated carbocycles. The summed E-state index contributed by atoms with van der Waals surface area (Å²) in [6, 6.07) is 5.77. The molecule has 1 saturated heterocycles. The number of benzene rings is 1. The van der Waals surface area contributed by atoms with Crippen LogP contribution >= 0.6 is 35.6 Å². The fraction of sp³-hybridized carbons (Fsp3) is 0.619. The summed E-state index contributed by atoms with van der Waals surface area (Å²) in [6.07, 6.45) is 3.81. The van der Waals surface area contributed by atoms with Crippen LogP contribution < -0.4 is 15.4 Å². The molecule has 1 unspecified atom stereocenters. The van der Waals surface area contributed by atoms with Gasteiger partial charge < -0.3 is 20.3 Å². The van der Waals surface area contributed by atoms with E-state index in [0.29, 0.717) is 5.02 Å². The van der Waals surface area contributed by atoms with E-state index in [1.54, 1.807) is 19.1 Å². The first-order valence-electron chi connectivity index (χ1n) is 10.2. The van der Waals surface area contributed by atoms with Crippen molar-refractivity contribution in [2.24, 2.45) is 4.99 Å². The molecule has 9 heteroatoms. The highest BCUT2D eigenvalue weighted by atomic mass is 127. The lowest BCUT2D eigenvalue weighted by Crippen LogP contribution is -2.44. The Labute approximate surface area is 202 Å². The van der Waals surface area contributed by atoms with E-state index in [1.165, 1.54) is 0 Å². The minimum absolute atomic E-state index is 0. The van der Waals surface area contributed by atoms with Gasteiger partial charge in [-0.05, 0) is 49.9 Å². The van der Waals surface area contributed by atoms with Gasteiger partial charge in [0.25, 0.3) is 0 Å². The zero-order valence-corrected chi connectivity index (χ0v) is 21.5. The molecule has 0 spiro atoms. The maximum Gasteiger partial charge on any atom is 0.239 e. The van der Waals surface area contributed by atoms with E-state index >= 15 is 0 Å². The molecule has 1 heterocycles. The summed E-state index contributed by atoms with van der Waals surface area (Å²) in [7, 11) is 7.05. The zero-order valence-electron chi connectivity index (χ0n) is 18.4. The summed E-state index contributed by atoms with van der Waals surface area (Å²) in [6.45, 7) is 3.45. The van der Waals surface area contributed by atoms with Crippen molar-refractivity contribution in [1.29, 1.82) is 0 Å². The number of aliphatic imine (C=N–C) groups is 1. The van der Waals surface area contributed by atoms with Gasteiger partial charge in [0.15, 0.2) is 5.96 Å². The third kappa shape index (κ3) is 8.11. The van der Waals surface area contributed by atoms with Gasteiger partial charge in [0.2, 0.25) is 5.91 Å². The number of ether oxygens (including phenoxy) is 1. The maximum absolute atomic E-state index is 12.3. The summed E-state index contributed by atoms with van der Waals surface area (Å²) in [5.41, 5.74) is 1.07. The first-order valence-corrected chi connectivity index (χ1v) is 10.6. The maximum atomic E-state index is 12.3. The standard InChI is InChI=1S/C21H34ClN5O2.HI/c1-23-21(25-12-10-16-8-9-17(29-4)15-18(16)22)24-11-6-14-27-13-5-7-19(27)20(28)26(2)3;/h8-9,15,19H,5-7,10-14H2,1-4H3,(H2,23,24,25);1H. The molecule has 1 aliphatic heterocycles. The number of rotatable bonds is 9. The lowest BCUT2D eigenvalue weighted by atomic mass is 10.1. The van der Waals surface area contributed by atoms with Gasteiger partial charge in [-0.2, -0.15) is 0 Å². The molecule has 7 nitrogen and oxygen atoms in total. The van der Waals surface area contributed by atoms with Crippen molar-refractivity contribution < 1.29 is 9.53 Å². The highest BCUT2D eigenvalue weighted by molar-refractivity contribution is 14.0. The van der Waals surface area contributed by atoms with Gasteiger partial charge in [-0.3, -0.25) is 14.7 Å². The number of nitrogens with zero attached hydrogens (tertiary/aromatic N) is 3. The topological polar surface area (TPSA) is 69.2 Å². The fourth-order valence-electron chi connectivity index (χ4n) is 3.55. The molecule has 1 atom stereocenters. The quantitative estimate of drug-likeness (QED) is 0.214. The summed E-state index contributed by atoms with van der Waals surface area (Å²) >= 11 is 6.29. The average Bonchev–Trinajstić information content (AvgIpc) is 3.18. The molecular weight excluding hydrogens is 517 g/mol. The van der Waals surface area contributed by atoms with Gasteiger partial charge in [-0.1, -0.05) is 17.7 Å². The monoisotopic (exact) mass is 551 g/mol. The SMILES string of the molecule is CN=C(NCCCN1CCCC1C(=O)N(C)C)NCCc1ccc(OC)cc1Cl.I. The molecule has 0 radical (unpaired) electrons. The molecule has 1 aliphatic rings. The second kappa shape index (κ2) is 13.9. The van der Waals surface area contributed by atoms with Crippen LogP contribution in [0.1, 0.15) is 24.8 Å². The summed E-state index contributed by atoms with van der Waals surface area (Å²) in [5, 5.41) is 7.37. The number of hydrogen-bond acceptors (Lipinski definition) is 4. The largest absolute Gasteiger partial charge is 0.497 e. The van der Waals surface area contributed by atoms with Crippen LogP contribution in [0.3, 0.4) is 0 Å². The third-order valence-electron chi connectivity index (χ3n) is 5.17. The number of nitrogens with one attached hydrogen (secondary N) is 2.